The lowest BCUT2D eigenvalue weighted by Gasteiger charge is -2.15. The van der Waals surface area contributed by atoms with Crippen molar-refractivity contribution < 1.29 is 14.1 Å². The highest BCUT2D eigenvalue weighted by molar-refractivity contribution is 5.95. The molecule has 98 valence electrons. The first kappa shape index (κ1) is 14.0. The Labute approximate surface area is 103 Å². The summed E-state index contributed by atoms with van der Waals surface area (Å²) in [7, 11) is 0. The summed E-state index contributed by atoms with van der Waals surface area (Å²) in [5, 5.41) is 12.7. The molecule has 0 aliphatic rings. The van der Waals surface area contributed by atoms with Crippen LogP contribution >= 0.6 is 0 Å². The Morgan fingerprint density at radius 1 is 1.50 bits per heavy atom. The summed E-state index contributed by atoms with van der Waals surface area (Å²) in [4.78, 5) is 21.3. The number of benzene rings is 1. The van der Waals surface area contributed by atoms with Crippen LogP contribution in [-0.4, -0.2) is 16.9 Å². The van der Waals surface area contributed by atoms with Crippen molar-refractivity contribution in [2.45, 2.75) is 19.9 Å². The number of anilines is 1. The number of rotatable bonds is 4. The average molecular weight is 255 g/mol. The predicted molar refractivity (Wildman–Crippen MR) is 64.5 cm³/mol. The molecule has 1 aromatic rings. The van der Waals surface area contributed by atoms with Crippen LogP contribution in [0.4, 0.5) is 15.8 Å². The monoisotopic (exact) mass is 255 g/mol. The fourth-order valence-electron chi connectivity index (χ4n) is 1.24. The number of non-ortho nitro benzene ring substituents is 1. The van der Waals surface area contributed by atoms with Crippen molar-refractivity contribution >= 4 is 17.3 Å². The van der Waals surface area contributed by atoms with Gasteiger partial charge in [-0.15, -0.1) is 0 Å². The Kier molecular flexibility index (Phi) is 4.33. The Morgan fingerprint density at radius 3 is 2.56 bits per heavy atom. The van der Waals surface area contributed by atoms with Gasteiger partial charge in [0.25, 0.3) is 5.69 Å². The first-order chi connectivity index (χ1) is 8.32. The second-order valence-corrected chi connectivity index (χ2v) is 4.18. The van der Waals surface area contributed by atoms with E-state index in [2.05, 4.69) is 5.32 Å². The van der Waals surface area contributed by atoms with E-state index < -0.39 is 22.7 Å². The number of nitrogens with two attached hydrogens (primary N) is 1. The van der Waals surface area contributed by atoms with E-state index in [1.165, 1.54) is 0 Å². The molecule has 6 nitrogen and oxygen atoms in total. The standard InChI is InChI=1S/C11H14FN3O3/c1-6(2)10(13)11(16)14-9-4-3-7(15(17)18)5-8(9)12/h3-6,10H,13H2,1-2H3,(H,14,16)/t10-/m0/s1. The quantitative estimate of drug-likeness (QED) is 0.631. The fourth-order valence-corrected chi connectivity index (χ4v) is 1.24. The average Bonchev–Trinajstić information content (AvgIpc) is 2.30. The third-order valence-electron chi connectivity index (χ3n) is 2.44. The SMILES string of the molecule is CC(C)[C@H](N)C(=O)Nc1ccc([N+](=O)[O-])cc1F. The second-order valence-electron chi connectivity index (χ2n) is 4.18. The Bertz CT molecular complexity index is 477. The van der Waals surface area contributed by atoms with Gasteiger partial charge in [0.15, 0.2) is 5.82 Å². The molecule has 0 radical (unpaired) electrons. The summed E-state index contributed by atoms with van der Waals surface area (Å²) in [5.41, 5.74) is 5.09. The zero-order valence-electron chi connectivity index (χ0n) is 10.0. The molecular formula is C11H14FN3O3. The Hall–Kier alpha value is -2.02. The largest absolute Gasteiger partial charge is 0.322 e. The van der Waals surface area contributed by atoms with E-state index in [0.29, 0.717) is 0 Å². The summed E-state index contributed by atoms with van der Waals surface area (Å²) < 4.78 is 13.5. The van der Waals surface area contributed by atoms with Crippen molar-refractivity contribution in [1.82, 2.24) is 0 Å². The van der Waals surface area contributed by atoms with Gasteiger partial charge in [-0.25, -0.2) is 4.39 Å². The van der Waals surface area contributed by atoms with E-state index >= 15 is 0 Å². The van der Waals surface area contributed by atoms with Crippen molar-refractivity contribution in [3.63, 3.8) is 0 Å². The van der Waals surface area contributed by atoms with Crippen LogP contribution in [0.25, 0.3) is 0 Å². The van der Waals surface area contributed by atoms with Gasteiger partial charge >= 0.3 is 0 Å². The first-order valence-corrected chi connectivity index (χ1v) is 5.33. The van der Waals surface area contributed by atoms with Crippen molar-refractivity contribution in [2.24, 2.45) is 11.7 Å². The minimum absolute atomic E-state index is 0.0916. The van der Waals surface area contributed by atoms with Gasteiger partial charge in [-0.3, -0.25) is 14.9 Å². The molecule has 0 saturated carbocycles. The Balaban J connectivity index is 2.86. The van der Waals surface area contributed by atoms with Gasteiger partial charge in [-0.2, -0.15) is 0 Å². The molecule has 1 amide bonds. The molecular weight excluding hydrogens is 241 g/mol. The third-order valence-corrected chi connectivity index (χ3v) is 2.44. The van der Waals surface area contributed by atoms with E-state index in [1.807, 2.05) is 0 Å². The lowest BCUT2D eigenvalue weighted by Crippen LogP contribution is -2.39. The highest BCUT2D eigenvalue weighted by atomic mass is 19.1. The lowest BCUT2D eigenvalue weighted by molar-refractivity contribution is -0.385. The van der Waals surface area contributed by atoms with Crippen LogP contribution in [0, 0.1) is 21.8 Å². The molecule has 0 aromatic heterocycles. The molecule has 1 rings (SSSR count). The molecule has 0 unspecified atom stereocenters. The molecule has 0 aliphatic carbocycles. The van der Waals surface area contributed by atoms with Gasteiger partial charge < -0.3 is 11.1 Å². The van der Waals surface area contributed by atoms with Crippen molar-refractivity contribution in [1.29, 1.82) is 0 Å². The van der Waals surface area contributed by atoms with Gasteiger partial charge in [0.05, 0.1) is 22.7 Å². The second kappa shape index (κ2) is 5.54. The number of nitro benzene ring substituents is 1. The van der Waals surface area contributed by atoms with Gasteiger partial charge in [-0.05, 0) is 12.0 Å². The fraction of sp³-hybridized carbons (Fsp3) is 0.364. The third kappa shape index (κ3) is 3.24. The van der Waals surface area contributed by atoms with Crippen LogP contribution in [0.15, 0.2) is 18.2 Å². The van der Waals surface area contributed by atoms with Gasteiger partial charge in [0.2, 0.25) is 5.91 Å². The highest BCUT2D eigenvalue weighted by Crippen LogP contribution is 2.20. The summed E-state index contributed by atoms with van der Waals surface area (Å²) >= 11 is 0. The van der Waals surface area contributed by atoms with Crippen molar-refractivity contribution in [3.05, 3.63) is 34.1 Å². The van der Waals surface area contributed by atoms with E-state index in [0.717, 1.165) is 18.2 Å². The number of nitro groups is 1. The molecule has 3 N–H and O–H groups in total. The molecule has 1 aromatic carbocycles. The number of hydrogen-bond acceptors (Lipinski definition) is 4. The molecule has 18 heavy (non-hydrogen) atoms. The molecule has 0 spiro atoms. The summed E-state index contributed by atoms with van der Waals surface area (Å²) in [6.45, 7) is 3.52. The summed E-state index contributed by atoms with van der Waals surface area (Å²) in [5.74, 6) is -1.49. The van der Waals surface area contributed by atoms with Crippen LogP contribution < -0.4 is 11.1 Å². The molecule has 0 aliphatic heterocycles. The predicted octanol–water partition coefficient (Wildman–Crippen LogP) is 1.66. The molecule has 0 saturated heterocycles. The van der Waals surface area contributed by atoms with E-state index in [1.54, 1.807) is 13.8 Å². The molecule has 1 atom stereocenters. The van der Waals surface area contributed by atoms with Crippen LogP contribution in [0.1, 0.15) is 13.8 Å². The highest BCUT2D eigenvalue weighted by Gasteiger charge is 2.19. The molecule has 0 bridgehead atoms. The maximum absolute atomic E-state index is 13.5. The minimum atomic E-state index is -0.867. The smallest absolute Gasteiger partial charge is 0.272 e. The zero-order valence-corrected chi connectivity index (χ0v) is 10.0. The number of halogens is 1. The Morgan fingerprint density at radius 2 is 2.11 bits per heavy atom. The zero-order chi connectivity index (χ0) is 13.9. The van der Waals surface area contributed by atoms with E-state index in [9.17, 15) is 19.3 Å². The molecule has 0 heterocycles. The summed E-state index contributed by atoms with van der Waals surface area (Å²) in [6, 6.07) is 2.23. The molecule has 0 fully saturated rings. The van der Waals surface area contributed by atoms with Crippen molar-refractivity contribution in [3.8, 4) is 0 Å². The van der Waals surface area contributed by atoms with Crippen molar-refractivity contribution in [2.75, 3.05) is 5.32 Å². The van der Waals surface area contributed by atoms with Crippen LogP contribution in [0.2, 0.25) is 0 Å². The minimum Gasteiger partial charge on any atom is -0.322 e. The maximum Gasteiger partial charge on any atom is 0.272 e. The van der Waals surface area contributed by atoms with E-state index in [-0.39, 0.29) is 17.3 Å². The topological polar surface area (TPSA) is 98.3 Å². The lowest BCUT2D eigenvalue weighted by atomic mass is 10.0. The number of carbonyl (C=O) groups is 1. The van der Waals surface area contributed by atoms with Crippen LogP contribution in [-0.2, 0) is 4.79 Å². The maximum atomic E-state index is 13.5. The normalized spacial score (nSPS) is 12.3. The molecule has 7 heteroatoms. The number of nitrogens with zero attached hydrogens (tertiary/aromatic N) is 1. The number of hydrogen-bond donors (Lipinski definition) is 2. The number of amides is 1. The number of nitrogens with one attached hydrogen (secondary N) is 1. The van der Waals surface area contributed by atoms with Crippen LogP contribution in [0.5, 0.6) is 0 Å². The van der Waals surface area contributed by atoms with E-state index in [4.69, 9.17) is 5.73 Å². The van der Waals surface area contributed by atoms with Gasteiger partial charge in [0, 0.05) is 6.07 Å². The number of carbonyl (C=O) groups excluding carboxylic acids is 1. The van der Waals surface area contributed by atoms with Gasteiger partial charge in [-0.1, -0.05) is 13.8 Å². The summed E-state index contributed by atoms with van der Waals surface area (Å²) in [6.07, 6.45) is 0. The van der Waals surface area contributed by atoms with Crippen LogP contribution in [0.3, 0.4) is 0 Å². The van der Waals surface area contributed by atoms with Gasteiger partial charge in [0.1, 0.15) is 0 Å². The first-order valence-electron chi connectivity index (χ1n) is 5.33.